The van der Waals surface area contributed by atoms with Gasteiger partial charge in [0.25, 0.3) is 0 Å². The molecule has 0 aromatic heterocycles. The molecular formula is C54H45ClO15. The molecule has 0 spiro atoms. The van der Waals surface area contributed by atoms with Gasteiger partial charge >= 0.3 is 29.8 Å². The van der Waals surface area contributed by atoms with Crippen molar-refractivity contribution in [3.63, 3.8) is 0 Å². The third-order valence-corrected chi connectivity index (χ3v) is 12.0. The van der Waals surface area contributed by atoms with Crippen molar-refractivity contribution in [2.24, 2.45) is 0 Å². The Morgan fingerprint density at radius 2 is 0.843 bits per heavy atom. The molecule has 9 rings (SSSR count). The summed E-state index contributed by atoms with van der Waals surface area (Å²) in [4.78, 5) is 69.8. The third-order valence-electron chi connectivity index (χ3n) is 11.6. The second-order valence-electron chi connectivity index (χ2n) is 16.3. The van der Waals surface area contributed by atoms with E-state index < -0.39 is 103 Å². The number of rotatable bonds is 14. The minimum absolute atomic E-state index is 0.114. The van der Waals surface area contributed by atoms with Crippen LogP contribution in [0.2, 0.25) is 0 Å². The van der Waals surface area contributed by atoms with Crippen LogP contribution in [0.15, 0.2) is 182 Å². The quantitative estimate of drug-likeness (QED) is 0.0584. The highest BCUT2D eigenvalue weighted by molar-refractivity contribution is 6.20. The second kappa shape index (κ2) is 22.5. The molecule has 3 aliphatic heterocycles. The molecule has 0 N–H and O–H groups in total. The zero-order valence-corrected chi connectivity index (χ0v) is 37.8. The van der Waals surface area contributed by atoms with E-state index in [1.54, 1.807) is 127 Å². The molecule has 0 saturated carbocycles. The van der Waals surface area contributed by atoms with E-state index in [0.29, 0.717) is 5.56 Å². The molecule has 3 heterocycles. The fourth-order valence-corrected chi connectivity index (χ4v) is 8.48. The van der Waals surface area contributed by atoms with E-state index in [2.05, 4.69) is 0 Å². The number of hydrogen-bond acceptors (Lipinski definition) is 15. The van der Waals surface area contributed by atoms with Crippen LogP contribution in [0.25, 0.3) is 0 Å². The number of ether oxygens (including phenoxy) is 10. The molecular weight excluding hydrogens is 924 g/mol. The summed E-state index contributed by atoms with van der Waals surface area (Å²) in [6, 6.07) is 49.5. The van der Waals surface area contributed by atoms with Crippen molar-refractivity contribution >= 4 is 41.4 Å². The molecule has 6 aromatic carbocycles. The van der Waals surface area contributed by atoms with Crippen LogP contribution in [-0.2, 0) is 47.4 Å². The number of benzene rings is 6. The molecule has 0 radical (unpaired) electrons. The molecule has 3 aliphatic rings. The Morgan fingerprint density at radius 1 is 0.443 bits per heavy atom. The molecule has 3 saturated heterocycles. The first-order valence-electron chi connectivity index (χ1n) is 22.4. The van der Waals surface area contributed by atoms with Crippen molar-refractivity contribution in [3.8, 4) is 0 Å². The number of hydrogen-bond donors (Lipinski definition) is 0. The third kappa shape index (κ3) is 11.3. The molecule has 358 valence electrons. The van der Waals surface area contributed by atoms with Gasteiger partial charge in [-0.15, -0.1) is 0 Å². The first-order chi connectivity index (χ1) is 34.2. The monoisotopic (exact) mass is 968 g/mol. The molecule has 0 aliphatic carbocycles. The number of fused-ring (bicyclic) bond motifs is 1. The van der Waals surface area contributed by atoms with Crippen LogP contribution in [0, 0.1) is 0 Å². The van der Waals surface area contributed by atoms with E-state index in [4.69, 9.17) is 59.0 Å². The fourth-order valence-electron chi connectivity index (χ4n) is 8.15. The summed E-state index contributed by atoms with van der Waals surface area (Å²) in [7, 11) is 0. The maximum absolute atomic E-state index is 14.2. The van der Waals surface area contributed by atoms with Crippen LogP contribution in [0.4, 0.5) is 0 Å². The molecule has 1 unspecified atom stereocenters. The highest BCUT2D eigenvalue weighted by atomic mass is 35.5. The molecule has 11 atom stereocenters. The highest BCUT2D eigenvalue weighted by Crippen LogP contribution is 2.40. The molecule has 15 nitrogen and oxygen atoms in total. The SMILES string of the molecule is O=C(OC[C@H]1O[C@H](Cl)[C@H](OC(=O)c2ccccc2)[C@@H](OC(=O)c2ccccc2)[C@@H]1O[C@@H]1O[C@@H]2COC(c3ccccc3)O[C@@H]2[C@H](OC(=O)c2ccccc2)[C@H]1OC(=O)c1ccccc1)c1ccccc1. The van der Waals surface area contributed by atoms with Crippen LogP contribution in [0.5, 0.6) is 0 Å². The maximum Gasteiger partial charge on any atom is 0.338 e. The number of carbonyl (C=O) groups is 5. The van der Waals surface area contributed by atoms with E-state index in [0.717, 1.165) is 0 Å². The first kappa shape index (κ1) is 47.8. The minimum atomic E-state index is -1.74. The summed E-state index contributed by atoms with van der Waals surface area (Å²) in [6.07, 6.45) is -14.3. The van der Waals surface area contributed by atoms with Gasteiger partial charge in [0, 0.05) is 5.56 Å². The minimum Gasteiger partial charge on any atom is -0.459 e. The fraction of sp³-hybridized carbons (Fsp3) is 0.241. The zero-order valence-electron chi connectivity index (χ0n) is 37.1. The molecule has 16 heteroatoms. The van der Waals surface area contributed by atoms with Gasteiger partial charge in [0.05, 0.1) is 34.4 Å². The molecule has 3 fully saturated rings. The Balaban J connectivity index is 1.13. The van der Waals surface area contributed by atoms with Gasteiger partial charge in [0.1, 0.15) is 31.0 Å². The standard InChI is InChI=1S/C54H45ClO15/c55-47-45(67-51(59)36-25-13-4-14-26-36)43(65-49(57)34-21-9-2-10-22-34)41(39(63-47)31-61-48(56)33-19-7-1-8-20-33)70-54-46(68-52(60)37-27-15-5-16-28-37)44(66-50(58)35-23-11-3-12-24-35)42-40(64-54)32-62-53(69-42)38-29-17-6-18-30-38/h1-30,39-47,53-54H,31-32H2/t39-,40-,41-,42+,43+,44+,45-,46-,47+,53?,54+/m1/s1. The lowest BCUT2D eigenvalue weighted by Crippen LogP contribution is -2.67. The molecule has 70 heavy (non-hydrogen) atoms. The molecule has 0 amide bonds. The Kier molecular flexibility index (Phi) is 15.3. The van der Waals surface area contributed by atoms with Crippen LogP contribution in [-0.4, -0.2) is 104 Å². The van der Waals surface area contributed by atoms with Crippen molar-refractivity contribution in [3.05, 3.63) is 215 Å². The van der Waals surface area contributed by atoms with Gasteiger partial charge in [-0.05, 0) is 60.7 Å². The smallest absolute Gasteiger partial charge is 0.338 e. The van der Waals surface area contributed by atoms with Crippen LogP contribution >= 0.6 is 11.6 Å². The Labute approximate surface area is 407 Å². The van der Waals surface area contributed by atoms with Gasteiger partial charge in [-0.3, -0.25) is 0 Å². The lowest BCUT2D eigenvalue weighted by atomic mass is 9.95. The normalized spacial score (nSPS) is 26.0. The number of esters is 5. The first-order valence-corrected chi connectivity index (χ1v) is 22.8. The lowest BCUT2D eigenvalue weighted by Gasteiger charge is -2.50. The Hall–Kier alpha value is -7.24. The molecule has 0 bridgehead atoms. The van der Waals surface area contributed by atoms with Crippen LogP contribution < -0.4 is 0 Å². The largest absolute Gasteiger partial charge is 0.459 e. The van der Waals surface area contributed by atoms with Gasteiger partial charge in [0.2, 0.25) is 0 Å². The topological polar surface area (TPSA) is 178 Å². The number of carbonyl (C=O) groups excluding carboxylic acids is 5. The Morgan fingerprint density at radius 3 is 1.31 bits per heavy atom. The summed E-state index contributed by atoms with van der Waals surface area (Å²) in [5.74, 6) is -4.12. The lowest BCUT2D eigenvalue weighted by molar-refractivity contribution is -0.375. The predicted octanol–water partition coefficient (Wildman–Crippen LogP) is 7.93. The molecule has 6 aromatic rings. The van der Waals surface area contributed by atoms with E-state index in [-0.39, 0.29) is 34.4 Å². The van der Waals surface area contributed by atoms with Gasteiger partial charge in [-0.2, -0.15) is 0 Å². The second-order valence-corrected chi connectivity index (χ2v) is 16.7. The van der Waals surface area contributed by atoms with Crippen molar-refractivity contribution in [2.75, 3.05) is 13.2 Å². The van der Waals surface area contributed by atoms with E-state index in [1.807, 2.05) is 18.2 Å². The maximum atomic E-state index is 14.2. The van der Waals surface area contributed by atoms with Gasteiger partial charge in [0.15, 0.2) is 42.6 Å². The van der Waals surface area contributed by atoms with Crippen molar-refractivity contribution < 1.29 is 71.3 Å². The van der Waals surface area contributed by atoms with Crippen LogP contribution in [0.1, 0.15) is 63.6 Å². The van der Waals surface area contributed by atoms with Crippen molar-refractivity contribution in [1.29, 1.82) is 0 Å². The van der Waals surface area contributed by atoms with E-state index in [1.165, 1.54) is 36.4 Å². The average molecular weight is 969 g/mol. The number of alkyl halides is 1. The van der Waals surface area contributed by atoms with Gasteiger partial charge < -0.3 is 47.4 Å². The Bertz CT molecular complexity index is 2700. The van der Waals surface area contributed by atoms with E-state index >= 15 is 0 Å². The zero-order chi connectivity index (χ0) is 48.4. The summed E-state index contributed by atoms with van der Waals surface area (Å²) in [5, 5.41) is 0. The predicted molar refractivity (Wildman–Crippen MR) is 247 cm³/mol. The van der Waals surface area contributed by atoms with Crippen LogP contribution in [0.3, 0.4) is 0 Å². The van der Waals surface area contributed by atoms with Gasteiger partial charge in [-0.25, -0.2) is 24.0 Å². The average Bonchev–Trinajstić information content (AvgIpc) is 3.41. The summed E-state index contributed by atoms with van der Waals surface area (Å²) in [6.45, 7) is -0.708. The van der Waals surface area contributed by atoms with Gasteiger partial charge in [-0.1, -0.05) is 133 Å². The van der Waals surface area contributed by atoms with Crippen molar-refractivity contribution in [1.82, 2.24) is 0 Å². The highest BCUT2D eigenvalue weighted by Gasteiger charge is 2.58. The summed E-state index contributed by atoms with van der Waals surface area (Å²) < 4.78 is 63.2. The van der Waals surface area contributed by atoms with E-state index in [9.17, 15) is 24.0 Å². The van der Waals surface area contributed by atoms with Crippen molar-refractivity contribution in [2.45, 2.75) is 67.0 Å². The number of halogens is 1. The summed E-state index contributed by atoms with van der Waals surface area (Å²) >= 11 is 6.95. The summed E-state index contributed by atoms with van der Waals surface area (Å²) in [5.41, 5.74) is -0.128.